The van der Waals surface area contributed by atoms with Crippen molar-refractivity contribution < 1.29 is 4.79 Å². The minimum Gasteiger partial charge on any atom is -0.378 e. The molecule has 1 aromatic rings. The zero-order valence-electron chi connectivity index (χ0n) is 14.3. The Labute approximate surface area is 134 Å². The van der Waals surface area contributed by atoms with Gasteiger partial charge in [-0.2, -0.15) is 0 Å². The van der Waals surface area contributed by atoms with Gasteiger partial charge in [-0.05, 0) is 44.5 Å². The van der Waals surface area contributed by atoms with E-state index in [2.05, 4.69) is 48.4 Å². The van der Waals surface area contributed by atoms with Crippen molar-refractivity contribution in [1.29, 1.82) is 0 Å². The van der Waals surface area contributed by atoms with Crippen molar-refractivity contribution >= 4 is 17.3 Å². The summed E-state index contributed by atoms with van der Waals surface area (Å²) in [5, 5.41) is 0. The van der Waals surface area contributed by atoms with Gasteiger partial charge in [-0.25, -0.2) is 0 Å². The third kappa shape index (κ3) is 2.96. The first kappa shape index (κ1) is 16.4. The smallest absolute Gasteiger partial charge is 0.245 e. The number of carbonyl (C=O) groups is 1. The second-order valence-electron chi connectivity index (χ2n) is 6.39. The fourth-order valence-electron chi connectivity index (χ4n) is 3.14. The maximum atomic E-state index is 12.8. The molecule has 0 unspecified atom stereocenters. The number of nitrogens with zero attached hydrogens (tertiary/aromatic N) is 3. The molecule has 2 rings (SSSR count). The van der Waals surface area contributed by atoms with Gasteiger partial charge in [0.1, 0.15) is 6.04 Å². The minimum absolute atomic E-state index is 0.161. The first-order valence-corrected chi connectivity index (χ1v) is 7.85. The molecule has 1 heterocycles. The van der Waals surface area contributed by atoms with Gasteiger partial charge in [-0.15, -0.1) is 6.58 Å². The molecule has 1 aliphatic rings. The summed E-state index contributed by atoms with van der Waals surface area (Å²) in [6, 6.07) is 6.56. The molecule has 120 valence electrons. The number of anilines is 2. The van der Waals surface area contributed by atoms with E-state index < -0.39 is 0 Å². The van der Waals surface area contributed by atoms with Crippen LogP contribution in [0.5, 0.6) is 0 Å². The molecule has 0 aliphatic carbocycles. The van der Waals surface area contributed by atoms with Crippen LogP contribution < -0.4 is 9.80 Å². The standard InChI is InChI=1S/C18H27N3O/c1-7-10-20-12-15-11-16(19(5)6)8-9-17(15)21(13(2)3)14(4)18(20)22/h7-9,11,13-14H,1,10,12H2,2-6H3/t14-/m0/s1. The maximum Gasteiger partial charge on any atom is 0.245 e. The number of amides is 1. The van der Waals surface area contributed by atoms with Gasteiger partial charge in [-0.3, -0.25) is 4.79 Å². The van der Waals surface area contributed by atoms with Crippen molar-refractivity contribution in [2.24, 2.45) is 0 Å². The highest BCUT2D eigenvalue weighted by molar-refractivity contribution is 5.87. The Morgan fingerprint density at radius 2 is 2.09 bits per heavy atom. The zero-order chi connectivity index (χ0) is 16.4. The number of fused-ring (bicyclic) bond motifs is 1. The quantitative estimate of drug-likeness (QED) is 0.800. The lowest BCUT2D eigenvalue weighted by atomic mass is 10.1. The van der Waals surface area contributed by atoms with Gasteiger partial charge in [0.2, 0.25) is 5.91 Å². The third-order valence-electron chi connectivity index (χ3n) is 4.21. The Morgan fingerprint density at radius 1 is 1.41 bits per heavy atom. The summed E-state index contributed by atoms with van der Waals surface area (Å²) in [4.78, 5) is 19.0. The van der Waals surface area contributed by atoms with E-state index >= 15 is 0 Å². The first-order chi connectivity index (χ1) is 10.4. The van der Waals surface area contributed by atoms with Crippen LogP contribution in [0.4, 0.5) is 11.4 Å². The van der Waals surface area contributed by atoms with E-state index in [-0.39, 0.29) is 18.0 Å². The van der Waals surface area contributed by atoms with Crippen molar-refractivity contribution in [1.82, 2.24) is 4.90 Å². The molecule has 4 nitrogen and oxygen atoms in total. The van der Waals surface area contributed by atoms with Crippen molar-refractivity contribution in [3.05, 3.63) is 36.4 Å². The van der Waals surface area contributed by atoms with Gasteiger partial charge in [-0.1, -0.05) is 6.08 Å². The summed E-state index contributed by atoms with van der Waals surface area (Å²) in [7, 11) is 4.07. The number of hydrogen-bond donors (Lipinski definition) is 0. The first-order valence-electron chi connectivity index (χ1n) is 7.85. The van der Waals surface area contributed by atoms with E-state index in [1.54, 1.807) is 6.08 Å². The fraction of sp³-hybridized carbons (Fsp3) is 0.500. The summed E-state index contributed by atoms with van der Waals surface area (Å²) >= 11 is 0. The lowest BCUT2D eigenvalue weighted by Gasteiger charge is -2.34. The summed E-state index contributed by atoms with van der Waals surface area (Å²) in [5.74, 6) is 0.163. The van der Waals surface area contributed by atoms with E-state index in [9.17, 15) is 4.79 Å². The van der Waals surface area contributed by atoms with E-state index in [4.69, 9.17) is 0 Å². The third-order valence-corrected chi connectivity index (χ3v) is 4.21. The van der Waals surface area contributed by atoms with Gasteiger partial charge >= 0.3 is 0 Å². The molecule has 0 radical (unpaired) electrons. The van der Waals surface area contributed by atoms with E-state index in [1.165, 1.54) is 5.56 Å². The number of hydrogen-bond acceptors (Lipinski definition) is 3. The van der Waals surface area contributed by atoms with Crippen molar-refractivity contribution in [2.45, 2.75) is 39.4 Å². The SMILES string of the molecule is C=CCN1Cc2cc(N(C)C)ccc2N(C(C)C)[C@@H](C)C1=O. The molecular weight excluding hydrogens is 274 g/mol. The lowest BCUT2D eigenvalue weighted by Crippen LogP contribution is -2.47. The molecule has 0 saturated carbocycles. The highest BCUT2D eigenvalue weighted by Crippen LogP contribution is 2.32. The molecular formula is C18H27N3O. The van der Waals surface area contributed by atoms with Crippen LogP contribution in [0.1, 0.15) is 26.3 Å². The van der Waals surface area contributed by atoms with Crippen LogP contribution in [0.2, 0.25) is 0 Å². The average molecular weight is 301 g/mol. The van der Waals surface area contributed by atoms with Crippen molar-refractivity contribution in [3.63, 3.8) is 0 Å². The Hall–Kier alpha value is -1.97. The molecule has 0 spiro atoms. The second kappa shape index (κ2) is 6.42. The Bertz CT molecular complexity index is 565. The van der Waals surface area contributed by atoms with Gasteiger partial charge < -0.3 is 14.7 Å². The van der Waals surface area contributed by atoms with Crippen LogP contribution >= 0.6 is 0 Å². The number of rotatable bonds is 4. The summed E-state index contributed by atoms with van der Waals surface area (Å²) in [6.07, 6.45) is 1.80. The molecule has 0 aromatic heterocycles. The van der Waals surface area contributed by atoms with Gasteiger partial charge in [0.25, 0.3) is 0 Å². The van der Waals surface area contributed by atoms with Crippen LogP contribution in [0.15, 0.2) is 30.9 Å². The van der Waals surface area contributed by atoms with Crippen molar-refractivity contribution in [3.8, 4) is 0 Å². The van der Waals surface area contributed by atoms with E-state index in [0.29, 0.717) is 13.1 Å². The monoisotopic (exact) mass is 301 g/mol. The van der Waals surface area contributed by atoms with E-state index in [1.807, 2.05) is 25.9 Å². The Morgan fingerprint density at radius 3 is 2.64 bits per heavy atom. The van der Waals surface area contributed by atoms with Crippen LogP contribution in [0.25, 0.3) is 0 Å². The Kier molecular flexibility index (Phi) is 4.79. The van der Waals surface area contributed by atoms with Crippen LogP contribution in [-0.2, 0) is 11.3 Å². The number of carbonyl (C=O) groups excluding carboxylic acids is 1. The predicted molar refractivity (Wildman–Crippen MR) is 93.5 cm³/mol. The normalized spacial score (nSPS) is 18.3. The molecule has 0 fully saturated rings. The molecule has 0 N–H and O–H groups in total. The maximum absolute atomic E-state index is 12.8. The van der Waals surface area contributed by atoms with Crippen LogP contribution in [0.3, 0.4) is 0 Å². The van der Waals surface area contributed by atoms with Gasteiger partial charge in [0.05, 0.1) is 0 Å². The summed E-state index contributed by atoms with van der Waals surface area (Å²) < 4.78 is 0. The molecule has 0 bridgehead atoms. The van der Waals surface area contributed by atoms with E-state index in [0.717, 1.165) is 11.4 Å². The highest BCUT2D eigenvalue weighted by atomic mass is 16.2. The second-order valence-corrected chi connectivity index (χ2v) is 6.39. The topological polar surface area (TPSA) is 26.8 Å². The fourth-order valence-corrected chi connectivity index (χ4v) is 3.14. The van der Waals surface area contributed by atoms with Gasteiger partial charge in [0.15, 0.2) is 0 Å². The molecule has 1 aromatic carbocycles. The molecule has 1 amide bonds. The average Bonchev–Trinajstić information content (AvgIpc) is 2.55. The molecule has 22 heavy (non-hydrogen) atoms. The Balaban J connectivity index is 2.55. The largest absolute Gasteiger partial charge is 0.378 e. The summed E-state index contributed by atoms with van der Waals surface area (Å²) in [6.45, 7) is 11.3. The van der Waals surface area contributed by atoms with Crippen LogP contribution in [0, 0.1) is 0 Å². The van der Waals surface area contributed by atoms with Gasteiger partial charge in [0, 0.05) is 44.6 Å². The summed E-state index contributed by atoms with van der Waals surface area (Å²) in [5.41, 5.74) is 3.51. The molecule has 1 atom stereocenters. The molecule has 1 aliphatic heterocycles. The highest BCUT2D eigenvalue weighted by Gasteiger charge is 2.32. The molecule has 4 heteroatoms. The number of benzene rings is 1. The lowest BCUT2D eigenvalue weighted by molar-refractivity contribution is -0.132. The molecule has 0 saturated heterocycles. The predicted octanol–water partition coefficient (Wildman–Crippen LogP) is 2.88. The zero-order valence-corrected chi connectivity index (χ0v) is 14.3. The van der Waals surface area contributed by atoms with Crippen LogP contribution in [-0.4, -0.2) is 43.5 Å². The van der Waals surface area contributed by atoms with Crippen molar-refractivity contribution in [2.75, 3.05) is 30.4 Å². The minimum atomic E-state index is -0.161.